The minimum Gasteiger partial charge on any atom is -0.478 e. The second-order valence-corrected chi connectivity index (χ2v) is 4.72. The molecule has 122 valence electrons. The van der Waals surface area contributed by atoms with E-state index in [1.165, 1.54) is 6.07 Å². The molecule has 0 bridgehead atoms. The quantitative estimate of drug-likeness (QED) is 0.847. The molecule has 0 saturated heterocycles. The van der Waals surface area contributed by atoms with E-state index < -0.39 is 23.4 Å². The van der Waals surface area contributed by atoms with Crippen LogP contribution in [-0.2, 0) is 11.3 Å². The van der Waals surface area contributed by atoms with Gasteiger partial charge in [0.25, 0.3) is 0 Å². The van der Waals surface area contributed by atoms with Crippen molar-refractivity contribution in [1.82, 2.24) is 5.32 Å². The van der Waals surface area contributed by atoms with Gasteiger partial charge in [-0.1, -0.05) is 42.2 Å². The van der Waals surface area contributed by atoms with Crippen LogP contribution >= 0.6 is 0 Å². The number of hydrogen-bond donors (Lipinski definition) is 2. The van der Waals surface area contributed by atoms with E-state index in [9.17, 15) is 14.0 Å². The zero-order valence-corrected chi connectivity index (χ0v) is 12.6. The summed E-state index contributed by atoms with van der Waals surface area (Å²) in [6.45, 7) is 0.178. The largest absolute Gasteiger partial charge is 0.478 e. The summed E-state index contributed by atoms with van der Waals surface area (Å²) in [5.41, 5.74) is 0.771. The van der Waals surface area contributed by atoms with Crippen LogP contribution in [0.3, 0.4) is 0 Å². The van der Waals surface area contributed by atoms with Crippen LogP contribution in [0.4, 0.5) is 9.18 Å². The zero-order chi connectivity index (χ0) is 17.4. The van der Waals surface area contributed by atoms with Gasteiger partial charge in [0, 0.05) is 5.56 Å². The molecule has 0 heterocycles. The zero-order valence-electron chi connectivity index (χ0n) is 12.6. The van der Waals surface area contributed by atoms with Crippen LogP contribution in [0, 0.1) is 17.7 Å². The first-order valence-electron chi connectivity index (χ1n) is 7.02. The minimum atomic E-state index is -1.34. The van der Waals surface area contributed by atoms with Crippen molar-refractivity contribution in [2.45, 2.75) is 6.61 Å². The maximum absolute atomic E-state index is 13.5. The Labute approximate surface area is 138 Å². The van der Waals surface area contributed by atoms with Crippen molar-refractivity contribution >= 4 is 12.1 Å². The lowest BCUT2D eigenvalue weighted by Gasteiger charge is -2.04. The number of nitrogens with one attached hydrogen (secondary N) is 1. The summed E-state index contributed by atoms with van der Waals surface area (Å²) in [6, 6.07) is 12.8. The van der Waals surface area contributed by atoms with E-state index in [0.29, 0.717) is 5.56 Å². The smallest absolute Gasteiger partial charge is 0.408 e. The molecule has 0 saturated carbocycles. The highest BCUT2D eigenvalue weighted by molar-refractivity contribution is 5.88. The van der Waals surface area contributed by atoms with Crippen molar-refractivity contribution in [3.63, 3.8) is 0 Å². The highest BCUT2D eigenvalue weighted by atomic mass is 19.1. The van der Waals surface area contributed by atoms with Crippen molar-refractivity contribution in [2.24, 2.45) is 0 Å². The van der Waals surface area contributed by atoms with Crippen LogP contribution < -0.4 is 5.32 Å². The highest BCUT2D eigenvalue weighted by Crippen LogP contribution is 2.09. The van der Waals surface area contributed by atoms with Crippen LogP contribution in [-0.4, -0.2) is 23.7 Å². The molecule has 2 aromatic carbocycles. The second-order valence-electron chi connectivity index (χ2n) is 4.72. The molecule has 0 aliphatic carbocycles. The van der Waals surface area contributed by atoms with E-state index in [-0.39, 0.29) is 13.2 Å². The molecule has 1 amide bonds. The molecule has 0 radical (unpaired) electrons. The summed E-state index contributed by atoms with van der Waals surface area (Å²) in [5, 5.41) is 11.2. The van der Waals surface area contributed by atoms with Crippen LogP contribution in [0.15, 0.2) is 48.5 Å². The average Bonchev–Trinajstić information content (AvgIpc) is 2.57. The molecule has 0 aromatic heterocycles. The molecule has 6 heteroatoms. The molecular formula is C18H14FNO4. The third-order valence-electron chi connectivity index (χ3n) is 2.97. The lowest BCUT2D eigenvalue weighted by molar-refractivity contribution is 0.0692. The van der Waals surface area contributed by atoms with Crippen LogP contribution in [0.25, 0.3) is 0 Å². The van der Waals surface area contributed by atoms with Gasteiger partial charge in [-0.2, -0.15) is 0 Å². The Morgan fingerprint density at radius 3 is 2.58 bits per heavy atom. The molecule has 2 rings (SSSR count). The van der Waals surface area contributed by atoms with Crippen molar-refractivity contribution in [3.05, 3.63) is 71.0 Å². The Morgan fingerprint density at radius 2 is 1.92 bits per heavy atom. The number of rotatable bonds is 4. The maximum atomic E-state index is 13.5. The second kappa shape index (κ2) is 8.34. The normalized spacial score (nSPS) is 9.54. The Kier molecular flexibility index (Phi) is 5.92. The molecular weight excluding hydrogens is 313 g/mol. The predicted molar refractivity (Wildman–Crippen MR) is 84.9 cm³/mol. The molecule has 5 nitrogen and oxygen atoms in total. The van der Waals surface area contributed by atoms with Gasteiger partial charge in [0.15, 0.2) is 0 Å². The van der Waals surface area contributed by atoms with Gasteiger partial charge < -0.3 is 15.2 Å². The molecule has 0 spiro atoms. The third kappa shape index (κ3) is 5.14. The molecule has 0 atom stereocenters. The van der Waals surface area contributed by atoms with E-state index in [1.807, 2.05) is 30.3 Å². The predicted octanol–water partition coefficient (Wildman–Crippen LogP) is 2.80. The van der Waals surface area contributed by atoms with Crippen LogP contribution in [0.1, 0.15) is 21.5 Å². The van der Waals surface area contributed by atoms with Crippen molar-refractivity contribution in [3.8, 4) is 11.8 Å². The first kappa shape index (κ1) is 17.0. The SMILES string of the molecule is O=C(NCC#Cc1ccc(C(=O)O)c(F)c1)OCc1ccccc1. The molecule has 0 aliphatic rings. The fraction of sp³-hybridized carbons (Fsp3) is 0.111. The van der Waals surface area contributed by atoms with E-state index in [1.54, 1.807) is 0 Å². The Bertz CT molecular complexity index is 794. The topological polar surface area (TPSA) is 75.6 Å². The number of carbonyl (C=O) groups is 2. The van der Waals surface area contributed by atoms with Gasteiger partial charge in [-0.3, -0.25) is 0 Å². The summed E-state index contributed by atoms with van der Waals surface area (Å²) in [5.74, 6) is 3.06. The number of carboxylic acid groups (broad SMARTS) is 1. The number of carbonyl (C=O) groups excluding carboxylic acids is 1. The molecule has 0 fully saturated rings. The van der Waals surface area contributed by atoms with Crippen molar-refractivity contribution < 1.29 is 23.8 Å². The Morgan fingerprint density at radius 1 is 1.17 bits per heavy atom. The molecule has 24 heavy (non-hydrogen) atoms. The van der Waals surface area contributed by atoms with Gasteiger partial charge in [-0.15, -0.1) is 0 Å². The number of amides is 1. The number of hydrogen-bond acceptors (Lipinski definition) is 3. The fourth-order valence-electron chi connectivity index (χ4n) is 1.80. The molecule has 0 unspecified atom stereocenters. The Hall–Kier alpha value is -3.33. The number of ether oxygens (including phenoxy) is 1. The average molecular weight is 327 g/mol. The summed E-state index contributed by atoms with van der Waals surface area (Å²) in [7, 11) is 0. The van der Waals surface area contributed by atoms with Crippen molar-refractivity contribution in [2.75, 3.05) is 6.54 Å². The minimum absolute atomic E-state index is 0.0237. The van der Waals surface area contributed by atoms with Crippen molar-refractivity contribution in [1.29, 1.82) is 0 Å². The third-order valence-corrected chi connectivity index (χ3v) is 2.97. The summed E-state index contributed by atoms with van der Waals surface area (Å²) in [4.78, 5) is 22.2. The maximum Gasteiger partial charge on any atom is 0.408 e. The van der Waals surface area contributed by atoms with E-state index in [4.69, 9.17) is 9.84 Å². The first-order valence-corrected chi connectivity index (χ1v) is 7.02. The first-order chi connectivity index (χ1) is 11.6. The fourth-order valence-corrected chi connectivity index (χ4v) is 1.80. The lowest BCUT2D eigenvalue weighted by Crippen LogP contribution is -2.24. The molecule has 2 aromatic rings. The van der Waals surface area contributed by atoms with Gasteiger partial charge in [-0.05, 0) is 23.8 Å². The van der Waals surface area contributed by atoms with Crippen LogP contribution in [0.5, 0.6) is 0 Å². The monoisotopic (exact) mass is 327 g/mol. The van der Waals surface area contributed by atoms with Gasteiger partial charge >= 0.3 is 12.1 Å². The highest BCUT2D eigenvalue weighted by Gasteiger charge is 2.09. The van der Waals surface area contributed by atoms with Gasteiger partial charge in [0.2, 0.25) is 0 Å². The van der Waals surface area contributed by atoms with Gasteiger partial charge in [0.05, 0.1) is 12.1 Å². The van der Waals surface area contributed by atoms with E-state index in [2.05, 4.69) is 17.2 Å². The molecule has 0 aliphatic heterocycles. The van der Waals surface area contributed by atoms with E-state index >= 15 is 0 Å². The van der Waals surface area contributed by atoms with Crippen LogP contribution in [0.2, 0.25) is 0 Å². The number of halogens is 1. The Balaban J connectivity index is 1.80. The van der Waals surface area contributed by atoms with Gasteiger partial charge in [-0.25, -0.2) is 14.0 Å². The summed E-state index contributed by atoms with van der Waals surface area (Å²) >= 11 is 0. The summed E-state index contributed by atoms with van der Waals surface area (Å²) in [6.07, 6.45) is -0.611. The molecule has 2 N–H and O–H groups in total. The number of carboxylic acids is 1. The lowest BCUT2D eigenvalue weighted by atomic mass is 10.1. The summed E-state index contributed by atoms with van der Waals surface area (Å²) < 4.78 is 18.5. The number of aromatic carboxylic acids is 1. The number of alkyl carbamates (subject to hydrolysis) is 1. The standard InChI is InChI=1S/C18H14FNO4/c19-16-11-13(8-9-15(16)17(21)22)7-4-10-20-18(23)24-12-14-5-2-1-3-6-14/h1-3,5-6,8-9,11H,10,12H2,(H,20,23)(H,21,22). The number of benzene rings is 2. The van der Waals surface area contributed by atoms with E-state index in [0.717, 1.165) is 17.7 Å². The van der Waals surface area contributed by atoms with Gasteiger partial charge in [0.1, 0.15) is 12.4 Å².